The van der Waals surface area contributed by atoms with Crippen molar-refractivity contribution < 1.29 is 4.74 Å². The van der Waals surface area contributed by atoms with Gasteiger partial charge in [-0.3, -0.25) is 0 Å². The Morgan fingerprint density at radius 3 is 1.73 bits per heavy atom. The highest BCUT2D eigenvalue weighted by molar-refractivity contribution is 6.10. The van der Waals surface area contributed by atoms with E-state index in [1.165, 1.54) is 44.1 Å². The lowest BCUT2D eigenvalue weighted by Crippen LogP contribution is -2.15. The van der Waals surface area contributed by atoms with Crippen LogP contribution in [0.2, 0.25) is 0 Å². The number of fused-ring (bicyclic) bond motifs is 5. The van der Waals surface area contributed by atoms with Gasteiger partial charge in [0.05, 0.1) is 22.4 Å². The molecule has 1 aromatic heterocycles. The van der Waals surface area contributed by atoms with E-state index in [9.17, 15) is 0 Å². The second-order valence-corrected chi connectivity index (χ2v) is 13.0. The molecule has 0 atom stereocenters. The van der Waals surface area contributed by atoms with Crippen molar-refractivity contribution in [2.75, 3.05) is 4.90 Å². The van der Waals surface area contributed by atoms with Crippen molar-refractivity contribution in [1.82, 2.24) is 4.57 Å². The maximum atomic E-state index is 6.53. The van der Waals surface area contributed by atoms with Crippen LogP contribution in [0, 0.1) is 0 Å². The van der Waals surface area contributed by atoms with Gasteiger partial charge in [0.25, 0.3) is 0 Å². The van der Waals surface area contributed by atoms with Gasteiger partial charge in [0, 0.05) is 22.1 Å². The van der Waals surface area contributed by atoms with Crippen molar-refractivity contribution in [2.45, 2.75) is 0 Å². The van der Waals surface area contributed by atoms with Gasteiger partial charge in [-0.1, -0.05) is 127 Å². The molecule has 0 unspecified atom stereocenters. The zero-order chi connectivity index (χ0) is 33.7. The van der Waals surface area contributed by atoms with E-state index >= 15 is 0 Å². The molecule has 0 spiro atoms. The molecular weight excluding hydrogens is 621 g/mol. The van der Waals surface area contributed by atoms with Crippen molar-refractivity contribution in [3.8, 4) is 50.6 Å². The fraction of sp³-hybridized carbons (Fsp3) is 0. The van der Waals surface area contributed by atoms with Gasteiger partial charge in [0.15, 0.2) is 11.5 Å². The number of rotatable bonds is 5. The Labute approximate surface area is 296 Å². The van der Waals surface area contributed by atoms with E-state index in [0.29, 0.717) is 0 Å². The molecule has 0 bridgehead atoms. The molecule has 0 fully saturated rings. The van der Waals surface area contributed by atoms with E-state index in [1.54, 1.807) is 0 Å². The molecule has 10 rings (SSSR count). The number of benzene rings is 8. The van der Waals surface area contributed by atoms with Crippen LogP contribution >= 0.6 is 0 Å². The smallest absolute Gasteiger partial charge is 0.152 e. The molecule has 2 heterocycles. The molecule has 9 aromatic rings. The van der Waals surface area contributed by atoms with Crippen LogP contribution in [0.1, 0.15) is 0 Å². The summed E-state index contributed by atoms with van der Waals surface area (Å²) in [7, 11) is 0. The molecule has 3 heteroatoms. The second-order valence-electron chi connectivity index (χ2n) is 13.0. The molecule has 0 saturated heterocycles. The first-order valence-corrected chi connectivity index (χ1v) is 17.3. The van der Waals surface area contributed by atoms with Crippen LogP contribution in [0.25, 0.3) is 60.9 Å². The van der Waals surface area contributed by atoms with E-state index in [2.05, 4.69) is 185 Å². The van der Waals surface area contributed by atoms with Crippen LogP contribution in [0.15, 0.2) is 194 Å². The Kier molecular flexibility index (Phi) is 6.81. The average Bonchev–Trinajstić information content (AvgIpc) is 3.54. The number of ether oxygens (including phenoxy) is 1. The third-order valence-electron chi connectivity index (χ3n) is 9.96. The van der Waals surface area contributed by atoms with Crippen molar-refractivity contribution in [3.63, 3.8) is 0 Å². The number of nitrogens with zero attached hydrogens (tertiary/aromatic N) is 2. The highest BCUT2D eigenvalue weighted by Crippen LogP contribution is 2.51. The summed E-state index contributed by atoms with van der Waals surface area (Å²) in [4.78, 5) is 2.28. The highest BCUT2D eigenvalue weighted by Gasteiger charge is 2.26. The molecule has 0 saturated carbocycles. The topological polar surface area (TPSA) is 17.4 Å². The Balaban J connectivity index is 1.07. The maximum Gasteiger partial charge on any atom is 0.152 e. The standard InChI is InChI=1S/C48H32N2O/c1-3-13-33(14-4-1)36-17-12-20-40(30-36)50-43-22-8-7-21-41(43)42-27-25-37(31-46(42)50)34-15-11-16-35(29-34)38-26-28-45-48(32-38)51-47-24-10-9-23-44(47)49(45)39-18-5-2-6-19-39/h1-32H. The predicted molar refractivity (Wildman–Crippen MR) is 212 cm³/mol. The molecule has 240 valence electrons. The van der Waals surface area contributed by atoms with Crippen LogP contribution in [-0.4, -0.2) is 4.57 Å². The van der Waals surface area contributed by atoms with Crippen molar-refractivity contribution in [2.24, 2.45) is 0 Å². The largest absolute Gasteiger partial charge is 0.453 e. The Morgan fingerprint density at radius 1 is 0.314 bits per heavy atom. The Morgan fingerprint density at radius 2 is 0.882 bits per heavy atom. The molecule has 8 aromatic carbocycles. The highest BCUT2D eigenvalue weighted by atomic mass is 16.5. The van der Waals surface area contributed by atoms with Crippen LogP contribution in [0.5, 0.6) is 11.5 Å². The lowest BCUT2D eigenvalue weighted by atomic mass is 9.97. The van der Waals surface area contributed by atoms with Crippen LogP contribution in [-0.2, 0) is 0 Å². The monoisotopic (exact) mass is 652 g/mol. The molecular formula is C48H32N2O. The van der Waals surface area contributed by atoms with E-state index < -0.39 is 0 Å². The zero-order valence-electron chi connectivity index (χ0n) is 27.8. The third kappa shape index (κ3) is 4.98. The summed E-state index contributed by atoms with van der Waals surface area (Å²) in [6.45, 7) is 0. The quantitative estimate of drug-likeness (QED) is 0.184. The number of hydrogen-bond acceptors (Lipinski definition) is 2. The SMILES string of the molecule is c1ccc(-c2cccc(-n3c4ccccc4c4ccc(-c5cccc(-c6ccc7c(c6)Oc6ccccc6N7c6ccccc6)c5)cc43)c2)cc1. The van der Waals surface area contributed by atoms with Gasteiger partial charge in [0.2, 0.25) is 0 Å². The number of hydrogen-bond donors (Lipinski definition) is 0. The van der Waals surface area contributed by atoms with E-state index in [1.807, 2.05) is 18.2 Å². The van der Waals surface area contributed by atoms with Crippen molar-refractivity contribution in [3.05, 3.63) is 194 Å². The molecule has 51 heavy (non-hydrogen) atoms. The molecule has 0 N–H and O–H groups in total. The molecule has 1 aliphatic rings. The lowest BCUT2D eigenvalue weighted by Gasteiger charge is -2.33. The van der Waals surface area contributed by atoms with E-state index in [4.69, 9.17) is 4.74 Å². The Hall–Kier alpha value is -6.84. The zero-order valence-corrected chi connectivity index (χ0v) is 27.8. The summed E-state index contributed by atoms with van der Waals surface area (Å²) in [5.41, 5.74) is 13.7. The molecule has 1 aliphatic heterocycles. The van der Waals surface area contributed by atoms with Crippen molar-refractivity contribution in [1.29, 1.82) is 0 Å². The van der Waals surface area contributed by atoms with Crippen LogP contribution < -0.4 is 9.64 Å². The first-order valence-electron chi connectivity index (χ1n) is 17.3. The van der Waals surface area contributed by atoms with Gasteiger partial charge in [-0.25, -0.2) is 0 Å². The summed E-state index contributed by atoms with van der Waals surface area (Å²) < 4.78 is 8.93. The van der Waals surface area contributed by atoms with Gasteiger partial charge < -0.3 is 14.2 Å². The summed E-state index contributed by atoms with van der Waals surface area (Å²) in [5.74, 6) is 1.68. The maximum absolute atomic E-state index is 6.53. The fourth-order valence-corrected chi connectivity index (χ4v) is 7.55. The summed E-state index contributed by atoms with van der Waals surface area (Å²) in [6.07, 6.45) is 0. The molecule has 0 aliphatic carbocycles. The van der Waals surface area contributed by atoms with E-state index in [0.717, 1.165) is 45.4 Å². The first kappa shape index (κ1) is 29.1. The minimum Gasteiger partial charge on any atom is -0.453 e. The lowest BCUT2D eigenvalue weighted by molar-refractivity contribution is 0.477. The third-order valence-corrected chi connectivity index (χ3v) is 9.96. The minimum atomic E-state index is 0.837. The average molecular weight is 653 g/mol. The van der Waals surface area contributed by atoms with Crippen LogP contribution in [0.4, 0.5) is 17.1 Å². The number of anilines is 3. The van der Waals surface area contributed by atoms with Gasteiger partial charge in [-0.15, -0.1) is 0 Å². The fourth-order valence-electron chi connectivity index (χ4n) is 7.55. The van der Waals surface area contributed by atoms with Gasteiger partial charge in [-0.2, -0.15) is 0 Å². The van der Waals surface area contributed by atoms with Crippen LogP contribution in [0.3, 0.4) is 0 Å². The normalized spacial score (nSPS) is 12.0. The predicted octanol–water partition coefficient (Wildman–Crippen LogP) is 13.4. The molecule has 3 nitrogen and oxygen atoms in total. The summed E-state index contributed by atoms with van der Waals surface area (Å²) in [5, 5.41) is 2.49. The Bertz CT molecular complexity index is 2730. The van der Waals surface area contributed by atoms with Gasteiger partial charge in [-0.05, 0) is 100 Å². The number of para-hydroxylation sites is 4. The number of aromatic nitrogens is 1. The van der Waals surface area contributed by atoms with E-state index in [-0.39, 0.29) is 0 Å². The molecule has 0 amide bonds. The van der Waals surface area contributed by atoms with Crippen molar-refractivity contribution >= 4 is 38.9 Å². The minimum absolute atomic E-state index is 0.837. The van der Waals surface area contributed by atoms with Gasteiger partial charge >= 0.3 is 0 Å². The summed E-state index contributed by atoms with van der Waals surface area (Å²) in [6, 6.07) is 69.1. The summed E-state index contributed by atoms with van der Waals surface area (Å²) >= 11 is 0. The first-order chi connectivity index (χ1) is 25.3. The van der Waals surface area contributed by atoms with Gasteiger partial charge in [0.1, 0.15) is 0 Å². The second kappa shape index (κ2) is 11.9. The molecule has 0 radical (unpaired) electrons.